The number of rotatable bonds is 1. The van der Waals surface area contributed by atoms with E-state index in [1.54, 1.807) is 12.1 Å². The molecule has 3 heteroatoms. The van der Waals surface area contributed by atoms with Crippen LogP contribution in [0.5, 0.6) is 5.75 Å². The summed E-state index contributed by atoms with van der Waals surface area (Å²) in [5, 5.41) is 11.8. The van der Waals surface area contributed by atoms with Crippen molar-refractivity contribution in [1.82, 2.24) is 4.98 Å². The van der Waals surface area contributed by atoms with E-state index in [-0.39, 0.29) is 11.5 Å². The van der Waals surface area contributed by atoms with Crippen molar-refractivity contribution in [3.8, 4) is 5.75 Å². The standard InChI is InChI=1S/C14H11NO2/c1-8(16)10-6-11-9-4-2-3-5-12(9)15-13(11)7-14(10)17/h2-7,15,17H,1H3. The fourth-order valence-electron chi connectivity index (χ4n) is 2.17. The molecule has 3 aromatic rings. The molecule has 1 heterocycles. The first-order chi connectivity index (χ1) is 8.16. The fraction of sp³-hybridized carbons (Fsp3) is 0.0714. The molecule has 0 bridgehead atoms. The number of benzene rings is 2. The molecule has 0 aliphatic heterocycles. The second-order valence-corrected chi connectivity index (χ2v) is 4.14. The van der Waals surface area contributed by atoms with E-state index in [2.05, 4.69) is 4.98 Å². The summed E-state index contributed by atoms with van der Waals surface area (Å²) in [5.74, 6) is -0.105. The lowest BCUT2D eigenvalue weighted by Crippen LogP contribution is -1.92. The first-order valence-electron chi connectivity index (χ1n) is 5.41. The van der Waals surface area contributed by atoms with Crippen LogP contribution >= 0.6 is 0 Å². The van der Waals surface area contributed by atoms with Crippen LogP contribution in [0.1, 0.15) is 17.3 Å². The third-order valence-electron chi connectivity index (χ3n) is 3.00. The van der Waals surface area contributed by atoms with Crippen molar-refractivity contribution in [3.63, 3.8) is 0 Å². The average Bonchev–Trinajstić information content (AvgIpc) is 2.64. The molecule has 3 rings (SSSR count). The Labute approximate surface area is 97.7 Å². The molecular weight excluding hydrogens is 214 g/mol. The summed E-state index contributed by atoms with van der Waals surface area (Å²) >= 11 is 0. The molecule has 2 aromatic carbocycles. The Balaban J connectivity index is 2.47. The number of aromatic hydroxyl groups is 1. The van der Waals surface area contributed by atoms with Gasteiger partial charge in [-0.25, -0.2) is 0 Å². The summed E-state index contributed by atoms with van der Waals surface area (Å²) in [6.07, 6.45) is 0. The van der Waals surface area contributed by atoms with Gasteiger partial charge in [0.05, 0.1) is 11.1 Å². The van der Waals surface area contributed by atoms with Crippen LogP contribution in [-0.2, 0) is 0 Å². The number of ketones is 1. The predicted molar refractivity (Wildman–Crippen MR) is 67.5 cm³/mol. The van der Waals surface area contributed by atoms with E-state index in [0.29, 0.717) is 5.56 Å². The molecule has 2 N–H and O–H groups in total. The average molecular weight is 225 g/mol. The number of carbonyl (C=O) groups is 1. The van der Waals surface area contributed by atoms with Crippen molar-refractivity contribution in [3.05, 3.63) is 42.0 Å². The molecule has 0 amide bonds. The molecule has 0 fully saturated rings. The van der Waals surface area contributed by atoms with Gasteiger partial charge in [-0.2, -0.15) is 0 Å². The molecule has 0 aliphatic carbocycles. The van der Waals surface area contributed by atoms with E-state index in [9.17, 15) is 9.90 Å². The summed E-state index contributed by atoms with van der Waals surface area (Å²) in [4.78, 5) is 14.6. The van der Waals surface area contributed by atoms with Crippen molar-refractivity contribution in [2.24, 2.45) is 0 Å². The minimum atomic E-state index is -0.130. The van der Waals surface area contributed by atoms with Gasteiger partial charge in [-0.05, 0) is 19.1 Å². The summed E-state index contributed by atoms with van der Waals surface area (Å²) < 4.78 is 0. The molecule has 0 radical (unpaired) electrons. The molecule has 0 atom stereocenters. The number of carbonyl (C=O) groups excluding carboxylic acids is 1. The maximum atomic E-state index is 11.4. The van der Waals surface area contributed by atoms with E-state index in [0.717, 1.165) is 21.8 Å². The van der Waals surface area contributed by atoms with Crippen molar-refractivity contribution in [1.29, 1.82) is 0 Å². The zero-order valence-electron chi connectivity index (χ0n) is 9.32. The second kappa shape index (κ2) is 3.35. The van der Waals surface area contributed by atoms with Crippen LogP contribution in [0.25, 0.3) is 21.8 Å². The minimum Gasteiger partial charge on any atom is -0.507 e. The molecule has 17 heavy (non-hydrogen) atoms. The van der Waals surface area contributed by atoms with E-state index in [1.807, 2.05) is 24.3 Å². The smallest absolute Gasteiger partial charge is 0.163 e. The van der Waals surface area contributed by atoms with Crippen LogP contribution in [0, 0.1) is 0 Å². The Kier molecular flexibility index (Phi) is 1.95. The Morgan fingerprint density at radius 2 is 1.88 bits per heavy atom. The van der Waals surface area contributed by atoms with E-state index < -0.39 is 0 Å². The number of fused-ring (bicyclic) bond motifs is 3. The number of aromatic nitrogens is 1. The summed E-state index contributed by atoms with van der Waals surface area (Å²) in [5.41, 5.74) is 2.21. The van der Waals surface area contributed by atoms with E-state index in [4.69, 9.17) is 0 Å². The highest BCUT2D eigenvalue weighted by atomic mass is 16.3. The third-order valence-corrected chi connectivity index (χ3v) is 3.00. The zero-order valence-corrected chi connectivity index (χ0v) is 9.32. The molecule has 84 valence electrons. The molecular formula is C14H11NO2. The summed E-state index contributed by atoms with van der Waals surface area (Å²) in [6, 6.07) is 11.2. The number of nitrogens with one attached hydrogen (secondary N) is 1. The molecule has 0 unspecified atom stereocenters. The molecule has 0 spiro atoms. The topological polar surface area (TPSA) is 53.1 Å². The number of Topliss-reactive ketones (excluding diaryl/α,β-unsaturated/α-hetero) is 1. The number of phenols is 1. The highest BCUT2D eigenvalue weighted by molar-refractivity contribution is 6.11. The van der Waals surface area contributed by atoms with Crippen LogP contribution in [0.4, 0.5) is 0 Å². The molecule has 0 aliphatic rings. The number of aromatic amines is 1. The van der Waals surface area contributed by atoms with Crippen molar-refractivity contribution < 1.29 is 9.90 Å². The SMILES string of the molecule is CC(=O)c1cc2c(cc1O)[nH]c1ccccc12. The number of hydrogen-bond donors (Lipinski definition) is 2. The van der Waals surface area contributed by atoms with Crippen molar-refractivity contribution >= 4 is 27.6 Å². The van der Waals surface area contributed by atoms with Crippen LogP contribution in [0.15, 0.2) is 36.4 Å². The highest BCUT2D eigenvalue weighted by Crippen LogP contribution is 2.30. The van der Waals surface area contributed by atoms with Crippen LogP contribution in [0.2, 0.25) is 0 Å². The maximum absolute atomic E-state index is 11.4. The molecule has 0 saturated carbocycles. The van der Waals surface area contributed by atoms with Gasteiger partial charge in [0.25, 0.3) is 0 Å². The van der Waals surface area contributed by atoms with E-state index in [1.165, 1.54) is 6.92 Å². The lowest BCUT2D eigenvalue weighted by Gasteiger charge is -2.00. The lowest BCUT2D eigenvalue weighted by molar-refractivity contribution is 0.101. The Morgan fingerprint density at radius 1 is 1.12 bits per heavy atom. The quantitative estimate of drug-likeness (QED) is 0.625. The second-order valence-electron chi connectivity index (χ2n) is 4.14. The monoisotopic (exact) mass is 225 g/mol. The van der Waals surface area contributed by atoms with Gasteiger partial charge in [-0.15, -0.1) is 0 Å². The van der Waals surface area contributed by atoms with Gasteiger partial charge in [0.15, 0.2) is 5.78 Å². The zero-order chi connectivity index (χ0) is 12.0. The first-order valence-corrected chi connectivity index (χ1v) is 5.41. The van der Waals surface area contributed by atoms with Crippen LogP contribution < -0.4 is 0 Å². The molecule has 1 aromatic heterocycles. The number of phenolic OH excluding ortho intramolecular Hbond substituents is 1. The number of H-pyrrole nitrogens is 1. The minimum absolute atomic E-state index is 0.0246. The number of hydrogen-bond acceptors (Lipinski definition) is 2. The Morgan fingerprint density at radius 3 is 2.65 bits per heavy atom. The lowest BCUT2D eigenvalue weighted by atomic mass is 10.1. The Hall–Kier alpha value is -2.29. The molecule has 0 saturated heterocycles. The van der Waals surface area contributed by atoms with Gasteiger partial charge in [0.2, 0.25) is 0 Å². The predicted octanol–water partition coefficient (Wildman–Crippen LogP) is 3.23. The van der Waals surface area contributed by atoms with Crippen molar-refractivity contribution in [2.75, 3.05) is 0 Å². The maximum Gasteiger partial charge on any atom is 0.163 e. The Bertz CT molecular complexity index is 740. The highest BCUT2D eigenvalue weighted by Gasteiger charge is 2.11. The van der Waals surface area contributed by atoms with Crippen LogP contribution in [0.3, 0.4) is 0 Å². The van der Waals surface area contributed by atoms with E-state index >= 15 is 0 Å². The molecule has 3 nitrogen and oxygen atoms in total. The number of para-hydroxylation sites is 1. The van der Waals surface area contributed by atoms with Crippen molar-refractivity contribution in [2.45, 2.75) is 6.92 Å². The van der Waals surface area contributed by atoms with Gasteiger partial charge >= 0.3 is 0 Å². The first kappa shape index (κ1) is 9.90. The normalized spacial score (nSPS) is 11.1. The fourth-order valence-corrected chi connectivity index (χ4v) is 2.17. The summed E-state index contributed by atoms with van der Waals surface area (Å²) in [7, 11) is 0. The third kappa shape index (κ3) is 1.40. The largest absolute Gasteiger partial charge is 0.507 e. The summed E-state index contributed by atoms with van der Waals surface area (Å²) in [6.45, 7) is 1.45. The van der Waals surface area contributed by atoms with Gasteiger partial charge in [0.1, 0.15) is 5.75 Å². The van der Waals surface area contributed by atoms with Gasteiger partial charge in [-0.1, -0.05) is 18.2 Å². The van der Waals surface area contributed by atoms with Gasteiger partial charge in [-0.3, -0.25) is 4.79 Å². The van der Waals surface area contributed by atoms with Gasteiger partial charge in [0, 0.05) is 22.4 Å². The van der Waals surface area contributed by atoms with Gasteiger partial charge < -0.3 is 10.1 Å². The van der Waals surface area contributed by atoms with Crippen LogP contribution in [-0.4, -0.2) is 15.9 Å².